The molecule has 0 saturated heterocycles. The van der Waals surface area contributed by atoms with E-state index in [-0.39, 0.29) is 17.9 Å². The lowest BCUT2D eigenvalue weighted by Crippen LogP contribution is -2.24. The lowest BCUT2D eigenvalue weighted by molar-refractivity contribution is -0.120. The van der Waals surface area contributed by atoms with Crippen molar-refractivity contribution in [2.24, 2.45) is 5.92 Å². The lowest BCUT2D eigenvalue weighted by atomic mass is 10.1. The number of para-hydroxylation sites is 1. The van der Waals surface area contributed by atoms with Crippen molar-refractivity contribution >= 4 is 11.9 Å². The molecule has 1 aliphatic rings. The van der Waals surface area contributed by atoms with E-state index in [1.165, 1.54) is 25.0 Å². The number of hydrogen-bond acceptors (Lipinski definition) is 3. The summed E-state index contributed by atoms with van der Waals surface area (Å²) in [6, 6.07) is 14.1. The highest BCUT2D eigenvalue weighted by Gasteiger charge is 2.22. The molecule has 1 fully saturated rings. The van der Waals surface area contributed by atoms with Gasteiger partial charge in [-0.2, -0.15) is 0 Å². The van der Waals surface area contributed by atoms with Gasteiger partial charge in [0.15, 0.2) is 0 Å². The first-order valence-electron chi connectivity index (χ1n) is 8.41. The van der Waals surface area contributed by atoms with Crippen molar-refractivity contribution in [1.82, 2.24) is 5.32 Å². The smallest absolute Gasteiger partial charge is 0.335 e. The topological polar surface area (TPSA) is 75.6 Å². The van der Waals surface area contributed by atoms with E-state index in [0.29, 0.717) is 12.5 Å². The molecule has 130 valence electrons. The molecule has 0 atom stereocenters. The van der Waals surface area contributed by atoms with Gasteiger partial charge in [0.05, 0.1) is 18.6 Å². The average molecular weight is 339 g/mol. The first-order chi connectivity index (χ1) is 12.1. The maximum absolute atomic E-state index is 12.1. The van der Waals surface area contributed by atoms with Gasteiger partial charge < -0.3 is 15.2 Å². The van der Waals surface area contributed by atoms with Gasteiger partial charge in [-0.15, -0.1) is 0 Å². The Balaban J connectivity index is 1.52. The molecule has 0 bridgehead atoms. The van der Waals surface area contributed by atoms with Crippen LogP contribution < -0.4 is 10.1 Å². The summed E-state index contributed by atoms with van der Waals surface area (Å²) in [5.41, 5.74) is 1.95. The van der Waals surface area contributed by atoms with Crippen LogP contribution >= 0.6 is 0 Å². The van der Waals surface area contributed by atoms with Crippen LogP contribution in [0.15, 0.2) is 48.5 Å². The zero-order valence-corrected chi connectivity index (χ0v) is 13.9. The molecule has 0 aliphatic heterocycles. The summed E-state index contributed by atoms with van der Waals surface area (Å²) in [6.45, 7) is 1.15. The van der Waals surface area contributed by atoms with E-state index in [2.05, 4.69) is 5.32 Å². The van der Waals surface area contributed by atoms with E-state index in [1.807, 2.05) is 24.3 Å². The van der Waals surface area contributed by atoms with Crippen molar-refractivity contribution in [1.29, 1.82) is 0 Å². The van der Waals surface area contributed by atoms with Crippen LogP contribution in [0.3, 0.4) is 0 Å². The monoisotopic (exact) mass is 339 g/mol. The van der Waals surface area contributed by atoms with Crippen molar-refractivity contribution in [2.45, 2.75) is 25.8 Å². The van der Waals surface area contributed by atoms with Crippen LogP contribution in [0, 0.1) is 5.92 Å². The van der Waals surface area contributed by atoms with Gasteiger partial charge in [0.2, 0.25) is 5.91 Å². The van der Waals surface area contributed by atoms with Gasteiger partial charge in [-0.25, -0.2) is 4.79 Å². The minimum absolute atomic E-state index is 0.111. The largest absolute Gasteiger partial charge is 0.493 e. The lowest BCUT2D eigenvalue weighted by Gasteiger charge is -2.12. The van der Waals surface area contributed by atoms with E-state index in [0.717, 1.165) is 23.5 Å². The zero-order valence-electron chi connectivity index (χ0n) is 13.9. The number of hydrogen-bond donors (Lipinski definition) is 2. The minimum Gasteiger partial charge on any atom is -0.493 e. The predicted molar refractivity (Wildman–Crippen MR) is 93.6 cm³/mol. The molecule has 0 spiro atoms. The number of benzene rings is 2. The van der Waals surface area contributed by atoms with Crippen LogP contribution in [-0.4, -0.2) is 23.6 Å². The third-order valence-electron chi connectivity index (χ3n) is 4.19. The van der Waals surface area contributed by atoms with E-state index < -0.39 is 5.97 Å². The standard InChI is InChI=1S/C20H21NO4/c22-19(11-14-7-9-16(10-8-14)20(23)24)21-12-17-3-1-2-4-18(17)25-13-15-5-6-15/h1-4,7-10,15H,5-6,11-13H2,(H,21,22)(H,23,24). The summed E-state index contributed by atoms with van der Waals surface area (Å²) in [7, 11) is 0. The number of carbonyl (C=O) groups excluding carboxylic acids is 1. The summed E-state index contributed by atoms with van der Waals surface area (Å²) in [5, 5.41) is 11.8. The molecule has 1 aliphatic carbocycles. The fourth-order valence-corrected chi connectivity index (χ4v) is 2.49. The van der Waals surface area contributed by atoms with Crippen LogP contribution in [0.5, 0.6) is 5.75 Å². The van der Waals surface area contributed by atoms with Crippen LogP contribution in [0.2, 0.25) is 0 Å². The molecule has 1 saturated carbocycles. The number of carboxylic acid groups (broad SMARTS) is 1. The highest BCUT2D eigenvalue weighted by molar-refractivity contribution is 5.87. The summed E-state index contributed by atoms with van der Waals surface area (Å²) < 4.78 is 5.84. The molecule has 0 radical (unpaired) electrons. The number of nitrogens with one attached hydrogen (secondary N) is 1. The van der Waals surface area contributed by atoms with Gasteiger partial charge in [-0.05, 0) is 42.5 Å². The van der Waals surface area contributed by atoms with Crippen molar-refractivity contribution in [3.63, 3.8) is 0 Å². The SMILES string of the molecule is O=C(Cc1ccc(C(=O)O)cc1)NCc1ccccc1OCC1CC1. The Morgan fingerprint density at radius 2 is 1.80 bits per heavy atom. The highest BCUT2D eigenvalue weighted by atomic mass is 16.5. The Kier molecular flexibility index (Phi) is 5.33. The third kappa shape index (κ3) is 5.08. The molecular formula is C20H21NO4. The summed E-state index contributed by atoms with van der Waals surface area (Å²) in [4.78, 5) is 23.0. The Labute approximate surface area is 146 Å². The van der Waals surface area contributed by atoms with Gasteiger partial charge in [-0.3, -0.25) is 4.79 Å². The highest BCUT2D eigenvalue weighted by Crippen LogP contribution is 2.30. The van der Waals surface area contributed by atoms with E-state index in [4.69, 9.17) is 9.84 Å². The van der Waals surface area contributed by atoms with Crippen LogP contribution in [0.25, 0.3) is 0 Å². The van der Waals surface area contributed by atoms with Crippen LogP contribution in [-0.2, 0) is 17.8 Å². The van der Waals surface area contributed by atoms with Crippen molar-refractivity contribution in [3.05, 3.63) is 65.2 Å². The molecule has 2 aromatic rings. The first kappa shape index (κ1) is 17.0. The molecule has 5 nitrogen and oxygen atoms in total. The summed E-state index contributed by atoms with van der Waals surface area (Å²) >= 11 is 0. The van der Waals surface area contributed by atoms with Crippen molar-refractivity contribution < 1.29 is 19.4 Å². The molecule has 0 aromatic heterocycles. The Morgan fingerprint density at radius 1 is 1.08 bits per heavy atom. The molecule has 2 N–H and O–H groups in total. The van der Waals surface area contributed by atoms with Gasteiger partial charge >= 0.3 is 5.97 Å². The van der Waals surface area contributed by atoms with Crippen molar-refractivity contribution in [3.8, 4) is 5.75 Å². The molecule has 3 rings (SSSR count). The minimum atomic E-state index is -0.973. The predicted octanol–water partition coefficient (Wildman–Crippen LogP) is 3.03. The average Bonchev–Trinajstić information content (AvgIpc) is 3.44. The number of carboxylic acids is 1. The van der Waals surface area contributed by atoms with E-state index in [1.54, 1.807) is 12.1 Å². The molecule has 2 aromatic carbocycles. The Hall–Kier alpha value is -2.82. The Morgan fingerprint density at radius 3 is 2.48 bits per heavy atom. The molecule has 0 unspecified atom stereocenters. The van der Waals surface area contributed by atoms with Gasteiger partial charge in [0.1, 0.15) is 5.75 Å². The van der Waals surface area contributed by atoms with Crippen LogP contribution in [0.4, 0.5) is 0 Å². The number of amides is 1. The first-order valence-corrected chi connectivity index (χ1v) is 8.41. The Bertz CT molecular complexity index is 751. The molecular weight excluding hydrogens is 318 g/mol. The fraction of sp³-hybridized carbons (Fsp3) is 0.300. The molecule has 1 amide bonds. The maximum Gasteiger partial charge on any atom is 0.335 e. The second kappa shape index (κ2) is 7.83. The summed E-state index contributed by atoms with van der Waals surface area (Å²) in [6.07, 6.45) is 2.68. The van der Waals surface area contributed by atoms with Crippen molar-refractivity contribution in [2.75, 3.05) is 6.61 Å². The number of carbonyl (C=O) groups is 2. The number of rotatable bonds is 8. The van der Waals surface area contributed by atoms with Gasteiger partial charge in [0.25, 0.3) is 0 Å². The fourth-order valence-electron chi connectivity index (χ4n) is 2.49. The molecule has 0 heterocycles. The molecule has 25 heavy (non-hydrogen) atoms. The number of aromatic carboxylic acids is 1. The van der Waals surface area contributed by atoms with Gasteiger partial charge in [0, 0.05) is 12.1 Å². The normalized spacial score (nSPS) is 13.3. The maximum atomic E-state index is 12.1. The van der Waals surface area contributed by atoms with E-state index >= 15 is 0 Å². The second-order valence-electron chi connectivity index (χ2n) is 6.32. The zero-order chi connectivity index (χ0) is 17.6. The molecule has 5 heteroatoms. The third-order valence-corrected chi connectivity index (χ3v) is 4.19. The van der Waals surface area contributed by atoms with Gasteiger partial charge in [-0.1, -0.05) is 30.3 Å². The summed E-state index contributed by atoms with van der Waals surface area (Å²) in [5.74, 6) is 0.413. The second-order valence-corrected chi connectivity index (χ2v) is 6.32. The number of ether oxygens (including phenoxy) is 1. The quantitative estimate of drug-likeness (QED) is 0.775. The van der Waals surface area contributed by atoms with E-state index in [9.17, 15) is 9.59 Å². The van der Waals surface area contributed by atoms with Crippen LogP contribution in [0.1, 0.15) is 34.3 Å².